The number of benzene rings is 2. The maximum Gasteiger partial charge on any atom is 0.419 e. The van der Waals surface area contributed by atoms with Crippen LogP contribution in [0.4, 0.5) is 16.2 Å². The van der Waals surface area contributed by atoms with E-state index in [1.807, 2.05) is 67.5 Å². The summed E-state index contributed by atoms with van der Waals surface area (Å²) in [5.74, 6) is 0.531. The highest BCUT2D eigenvalue weighted by atomic mass is 16.6. The molecule has 4 nitrogen and oxygen atoms in total. The topological polar surface area (TPSA) is 32.8 Å². The average molecular weight is 270 g/mol. The van der Waals surface area contributed by atoms with E-state index in [1.54, 1.807) is 13.1 Å². The van der Waals surface area contributed by atoms with Gasteiger partial charge in [0.05, 0.1) is 0 Å². The molecule has 0 radical (unpaired) electrons. The molecule has 0 spiro atoms. The molecular weight excluding hydrogens is 252 g/mol. The predicted octanol–water partition coefficient (Wildman–Crippen LogP) is 3.39. The molecule has 20 heavy (non-hydrogen) atoms. The summed E-state index contributed by atoms with van der Waals surface area (Å²) in [5, 5.41) is 0. The average Bonchev–Trinajstić information content (AvgIpc) is 2.47. The summed E-state index contributed by atoms with van der Waals surface area (Å²) in [5.41, 5.74) is 1.78. The first-order valence-electron chi connectivity index (χ1n) is 6.36. The first-order valence-corrected chi connectivity index (χ1v) is 6.36. The van der Waals surface area contributed by atoms with Crippen molar-refractivity contribution in [2.75, 3.05) is 30.9 Å². The van der Waals surface area contributed by atoms with Crippen LogP contribution in [0, 0.1) is 0 Å². The van der Waals surface area contributed by atoms with Gasteiger partial charge >= 0.3 is 6.09 Å². The Labute approximate surface area is 119 Å². The molecule has 2 aromatic rings. The van der Waals surface area contributed by atoms with E-state index in [1.165, 1.54) is 4.90 Å². The normalized spacial score (nSPS) is 9.95. The second-order valence-corrected chi connectivity index (χ2v) is 4.65. The summed E-state index contributed by atoms with van der Waals surface area (Å²) in [6.07, 6.45) is -0.410. The predicted molar refractivity (Wildman–Crippen MR) is 81.6 cm³/mol. The van der Waals surface area contributed by atoms with Crippen LogP contribution in [0.5, 0.6) is 5.75 Å². The van der Waals surface area contributed by atoms with Crippen molar-refractivity contribution in [1.29, 1.82) is 0 Å². The summed E-state index contributed by atoms with van der Waals surface area (Å²) >= 11 is 0. The minimum Gasteiger partial charge on any atom is -0.410 e. The van der Waals surface area contributed by atoms with E-state index < -0.39 is 6.09 Å². The molecule has 0 bridgehead atoms. The van der Waals surface area contributed by atoms with Gasteiger partial charge in [-0.25, -0.2) is 4.79 Å². The molecule has 104 valence electrons. The zero-order valence-electron chi connectivity index (χ0n) is 11.9. The fraction of sp³-hybridized carbons (Fsp3) is 0.188. The van der Waals surface area contributed by atoms with E-state index in [9.17, 15) is 4.79 Å². The van der Waals surface area contributed by atoms with Gasteiger partial charge in [-0.15, -0.1) is 0 Å². The van der Waals surface area contributed by atoms with Gasteiger partial charge < -0.3 is 9.64 Å². The van der Waals surface area contributed by atoms with Crippen LogP contribution in [0.2, 0.25) is 0 Å². The summed E-state index contributed by atoms with van der Waals surface area (Å²) in [6.45, 7) is 0. The SMILES string of the molecule is CN(C)c1cccc(OC(=O)N(C)c2ccccc2)c1. The number of carbonyl (C=O) groups excluding carboxylic acids is 1. The molecule has 0 heterocycles. The third-order valence-corrected chi connectivity index (χ3v) is 2.96. The van der Waals surface area contributed by atoms with E-state index in [0.29, 0.717) is 5.75 Å². The van der Waals surface area contributed by atoms with Crippen LogP contribution in [-0.2, 0) is 0 Å². The molecule has 0 aliphatic heterocycles. The van der Waals surface area contributed by atoms with Gasteiger partial charge in [-0.1, -0.05) is 24.3 Å². The molecule has 4 heteroatoms. The number of anilines is 2. The standard InChI is InChI=1S/C16H18N2O2/c1-17(2)14-10-7-11-15(12-14)20-16(19)18(3)13-8-5-4-6-9-13/h4-12H,1-3H3. The lowest BCUT2D eigenvalue weighted by Gasteiger charge is -2.18. The molecule has 0 atom stereocenters. The number of para-hydroxylation sites is 1. The van der Waals surface area contributed by atoms with E-state index in [2.05, 4.69) is 0 Å². The maximum atomic E-state index is 12.1. The summed E-state index contributed by atoms with van der Waals surface area (Å²) in [7, 11) is 5.57. The Morgan fingerprint density at radius 1 is 0.900 bits per heavy atom. The Morgan fingerprint density at radius 2 is 1.55 bits per heavy atom. The Bertz CT molecular complexity index is 582. The van der Waals surface area contributed by atoms with Crippen molar-refractivity contribution in [2.24, 2.45) is 0 Å². The quantitative estimate of drug-likeness (QED) is 0.857. The van der Waals surface area contributed by atoms with Crippen LogP contribution in [-0.4, -0.2) is 27.2 Å². The molecule has 0 N–H and O–H groups in total. The second kappa shape index (κ2) is 6.10. The fourth-order valence-electron chi connectivity index (χ4n) is 1.75. The van der Waals surface area contributed by atoms with Crippen molar-refractivity contribution in [1.82, 2.24) is 0 Å². The third kappa shape index (κ3) is 3.29. The highest BCUT2D eigenvalue weighted by Crippen LogP contribution is 2.21. The highest BCUT2D eigenvalue weighted by molar-refractivity contribution is 5.88. The fourth-order valence-corrected chi connectivity index (χ4v) is 1.75. The van der Waals surface area contributed by atoms with Crippen LogP contribution >= 0.6 is 0 Å². The lowest BCUT2D eigenvalue weighted by molar-refractivity contribution is 0.209. The van der Waals surface area contributed by atoms with Crippen molar-refractivity contribution in [3.8, 4) is 5.75 Å². The van der Waals surface area contributed by atoms with Crippen LogP contribution in [0.3, 0.4) is 0 Å². The van der Waals surface area contributed by atoms with Crippen molar-refractivity contribution in [2.45, 2.75) is 0 Å². The van der Waals surface area contributed by atoms with Gasteiger partial charge in [0.25, 0.3) is 0 Å². The first kappa shape index (κ1) is 13.9. The molecule has 2 rings (SSSR count). The number of hydrogen-bond acceptors (Lipinski definition) is 3. The molecular formula is C16H18N2O2. The molecule has 0 saturated heterocycles. The van der Waals surface area contributed by atoms with Gasteiger partial charge in [-0.05, 0) is 24.3 Å². The van der Waals surface area contributed by atoms with Crippen LogP contribution in [0.1, 0.15) is 0 Å². The van der Waals surface area contributed by atoms with Crippen LogP contribution in [0.25, 0.3) is 0 Å². The Balaban J connectivity index is 2.10. The van der Waals surface area contributed by atoms with Crippen LogP contribution < -0.4 is 14.5 Å². The van der Waals surface area contributed by atoms with Crippen LogP contribution in [0.15, 0.2) is 54.6 Å². The van der Waals surface area contributed by atoms with Crippen molar-refractivity contribution in [3.63, 3.8) is 0 Å². The van der Waals surface area contributed by atoms with Gasteiger partial charge in [0.2, 0.25) is 0 Å². The van der Waals surface area contributed by atoms with Gasteiger partial charge in [0, 0.05) is 38.6 Å². The monoisotopic (exact) mass is 270 g/mol. The number of rotatable bonds is 3. The van der Waals surface area contributed by atoms with Gasteiger partial charge in [-0.3, -0.25) is 4.90 Å². The van der Waals surface area contributed by atoms with E-state index in [4.69, 9.17) is 4.74 Å². The molecule has 0 fully saturated rings. The second-order valence-electron chi connectivity index (χ2n) is 4.65. The van der Waals surface area contributed by atoms with Crippen molar-refractivity contribution < 1.29 is 9.53 Å². The Morgan fingerprint density at radius 3 is 2.20 bits per heavy atom. The summed E-state index contributed by atoms with van der Waals surface area (Å²) in [4.78, 5) is 15.5. The Hall–Kier alpha value is -2.49. The number of carbonyl (C=O) groups is 1. The lowest BCUT2D eigenvalue weighted by Crippen LogP contribution is -2.29. The molecule has 0 aliphatic carbocycles. The highest BCUT2D eigenvalue weighted by Gasteiger charge is 2.13. The van der Waals surface area contributed by atoms with Gasteiger partial charge in [0.15, 0.2) is 0 Å². The number of amides is 1. The maximum absolute atomic E-state index is 12.1. The molecule has 2 aromatic carbocycles. The first-order chi connectivity index (χ1) is 9.58. The number of nitrogens with zero attached hydrogens (tertiary/aromatic N) is 2. The molecule has 0 saturated carbocycles. The zero-order valence-corrected chi connectivity index (χ0v) is 11.9. The summed E-state index contributed by atoms with van der Waals surface area (Å²) < 4.78 is 5.38. The van der Waals surface area contributed by atoms with E-state index >= 15 is 0 Å². The summed E-state index contributed by atoms with van der Waals surface area (Å²) in [6, 6.07) is 16.8. The number of ether oxygens (including phenoxy) is 1. The Kier molecular flexibility index (Phi) is 4.25. The minimum atomic E-state index is -0.410. The molecule has 0 unspecified atom stereocenters. The minimum absolute atomic E-state index is 0.410. The van der Waals surface area contributed by atoms with Crippen molar-refractivity contribution in [3.05, 3.63) is 54.6 Å². The molecule has 1 amide bonds. The van der Waals surface area contributed by atoms with Gasteiger partial charge in [-0.2, -0.15) is 0 Å². The largest absolute Gasteiger partial charge is 0.419 e. The lowest BCUT2D eigenvalue weighted by atomic mass is 10.3. The van der Waals surface area contributed by atoms with Crippen molar-refractivity contribution >= 4 is 17.5 Å². The third-order valence-electron chi connectivity index (χ3n) is 2.96. The smallest absolute Gasteiger partial charge is 0.410 e. The zero-order chi connectivity index (χ0) is 14.5. The van der Waals surface area contributed by atoms with E-state index in [0.717, 1.165) is 11.4 Å². The van der Waals surface area contributed by atoms with Gasteiger partial charge in [0.1, 0.15) is 5.75 Å². The molecule has 0 aromatic heterocycles. The van der Waals surface area contributed by atoms with E-state index in [-0.39, 0.29) is 0 Å². The number of hydrogen-bond donors (Lipinski definition) is 0. The molecule has 0 aliphatic rings.